The van der Waals surface area contributed by atoms with Gasteiger partial charge in [0.05, 0.1) is 13.2 Å². The number of aliphatic hydroxyl groups excluding tert-OH is 1. The Bertz CT molecular complexity index is 149. The second-order valence-corrected chi connectivity index (χ2v) is 3.95. The third-order valence-corrected chi connectivity index (χ3v) is 2.71. The quantitative estimate of drug-likeness (QED) is 0.635. The van der Waals surface area contributed by atoms with Crippen molar-refractivity contribution >= 4 is 0 Å². The minimum atomic E-state index is -0.965. The van der Waals surface area contributed by atoms with Gasteiger partial charge in [0.1, 0.15) is 11.7 Å². The third kappa shape index (κ3) is 2.93. The van der Waals surface area contributed by atoms with Crippen LogP contribution in [0.3, 0.4) is 0 Å². The molecule has 1 aliphatic heterocycles. The molecule has 1 aliphatic rings. The summed E-state index contributed by atoms with van der Waals surface area (Å²) in [4.78, 5) is 0. The Hall–Kier alpha value is -0.120. The molecule has 0 amide bonds. The minimum Gasteiger partial charge on any atom is -0.388 e. The lowest BCUT2D eigenvalue weighted by Crippen LogP contribution is -2.41. The fraction of sp³-hybridized carbons (Fsp3) is 1.00. The predicted molar refractivity (Wildman–Crippen MR) is 50.5 cm³/mol. The lowest BCUT2D eigenvalue weighted by atomic mass is 9.93. The first-order chi connectivity index (χ1) is 6.19. The number of ether oxygens (including phenoxy) is 1. The van der Waals surface area contributed by atoms with E-state index in [2.05, 4.69) is 6.92 Å². The fourth-order valence-electron chi connectivity index (χ4n) is 1.70. The van der Waals surface area contributed by atoms with Crippen LogP contribution in [0.4, 0.5) is 0 Å². The van der Waals surface area contributed by atoms with Crippen molar-refractivity contribution in [1.29, 1.82) is 0 Å². The van der Waals surface area contributed by atoms with Gasteiger partial charge < -0.3 is 14.9 Å². The molecule has 2 N–H and O–H groups in total. The maximum Gasteiger partial charge on any atom is 0.116 e. The summed E-state index contributed by atoms with van der Waals surface area (Å²) in [5.41, 5.74) is -0.965. The van der Waals surface area contributed by atoms with Gasteiger partial charge in [0.25, 0.3) is 0 Å². The van der Waals surface area contributed by atoms with E-state index in [1.54, 1.807) is 0 Å². The molecule has 13 heavy (non-hydrogen) atoms. The van der Waals surface area contributed by atoms with Crippen LogP contribution in [-0.4, -0.2) is 35.1 Å². The Morgan fingerprint density at radius 1 is 1.38 bits per heavy atom. The highest BCUT2D eigenvalue weighted by atomic mass is 16.5. The Kier molecular flexibility index (Phi) is 4.16. The first-order valence-corrected chi connectivity index (χ1v) is 5.17. The standard InChI is InChI=1S/C10H20O3/c1-2-3-4-5-6-10(12)8-13-7-9(10)11/h9,11-12H,2-8H2,1H3/t9-,10+/m1/s1. The molecule has 1 rings (SSSR count). The number of unbranched alkanes of at least 4 members (excludes halogenated alkanes) is 3. The zero-order chi connectivity index (χ0) is 9.73. The molecule has 1 fully saturated rings. The lowest BCUT2D eigenvalue weighted by Gasteiger charge is -2.24. The molecule has 1 saturated heterocycles. The zero-order valence-electron chi connectivity index (χ0n) is 8.33. The average Bonchev–Trinajstić information content (AvgIpc) is 2.42. The summed E-state index contributed by atoms with van der Waals surface area (Å²) < 4.78 is 5.03. The van der Waals surface area contributed by atoms with Gasteiger partial charge in [-0.25, -0.2) is 0 Å². The van der Waals surface area contributed by atoms with Crippen molar-refractivity contribution in [2.45, 2.75) is 50.7 Å². The first-order valence-electron chi connectivity index (χ1n) is 5.17. The van der Waals surface area contributed by atoms with Gasteiger partial charge >= 0.3 is 0 Å². The summed E-state index contributed by atoms with van der Waals surface area (Å²) in [7, 11) is 0. The SMILES string of the molecule is CCCCCC[C@]1(O)COC[C@H]1O. The monoisotopic (exact) mass is 188 g/mol. The molecular weight excluding hydrogens is 168 g/mol. The molecule has 0 saturated carbocycles. The molecule has 0 aromatic carbocycles. The van der Waals surface area contributed by atoms with E-state index in [9.17, 15) is 10.2 Å². The van der Waals surface area contributed by atoms with E-state index in [4.69, 9.17) is 4.74 Å². The molecule has 2 atom stereocenters. The lowest BCUT2D eigenvalue weighted by molar-refractivity contribution is -0.0500. The van der Waals surface area contributed by atoms with Gasteiger partial charge in [-0.15, -0.1) is 0 Å². The highest BCUT2D eigenvalue weighted by Gasteiger charge is 2.40. The van der Waals surface area contributed by atoms with E-state index < -0.39 is 11.7 Å². The van der Waals surface area contributed by atoms with Crippen LogP contribution in [0.25, 0.3) is 0 Å². The smallest absolute Gasteiger partial charge is 0.116 e. The molecule has 0 aromatic heterocycles. The molecule has 0 bridgehead atoms. The maximum atomic E-state index is 9.88. The number of rotatable bonds is 5. The van der Waals surface area contributed by atoms with Crippen molar-refractivity contribution in [2.75, 3.05) is 13.2 Å². The van der Waals surface area contributed by atoms with Crippen LogP contribution in [0.15, 0.2) is 0 Å². The number of hydrogen-bond acceptors (Lipinski definition) is 3. The Morgan fingerprint density at radius 2 is 2.15 bits per heavy atom. The fourth-order valence-corrected chi connectivity index (χ4v) is 1.70. The average molecular weight is 188 g/mol. The molecular formula is C10H20O3. The molecule has 3 heteroatoms. The van der Waals surface area contributed by atoms with Crippen LogP contribution >= 0.6 is 0 Å². The second-order valence-electron chi connectivity index (χ2n) is 3.95. The molecule has 0 radical (unpaired) electrons. The second kappa shape index (κ2) is 4.94. The summed E-state index contributed by atoms with van der Waals surface area (Å²) in [6, 6.07) is 0. The van der Waals surface area contributed by atoms with Crippen LogP contribution < -0.4 is 0 Å². The van der Waals surface area contributed by atoms with Gasteiger partial charge in [-0.1, -0.05) is 32.6 Å². The van der Waals surface area contributed by atoms with Crippen molar-refractivity contribution in [1.82, 2.24) is 0 Å². The normalized spacial score (nSPS) is 33.9. The third-order valence-electron chi connectivity index (χ3n) is 2.71. The topological polar surface area (TPSA) is 49.7 Å². The van der Waals surface area contributed by atoms with Crippen molar-refractivity contribution in [3.63, 3.8) is 0 Å². The Balaban J connectivity index is 2.18. The Morgan fingerprint density at radius 3 is 2.69 bits per heavy atom. The molecule has 0 unspecified atom stereocenters. The van der Waals surface area contributed by atoms with Gasteiger partial charge in [0.2, 0.25) is 0 Å². The molecule has 0 spiro atoms. The van der Waals surface area contributed by atoms with Crippen LogP contribution in [0.2, 0.25) is 0 Å². The van der Waals surface area contributed by atoms with Gasteiger partial charge in [0, 0.05) is 0 Å². The summed E-state index contributed by atoms with van der Waals surface area (Å²) >= 11 is 0. The molecule has 0 aromatic rings. The van der Waals surface area contributed by atoms with Crippen molar-refractivity contribution < 1.29 is 14.9 Å². The highest BCUT2D eigenvalue weighted by molar-refractivity contribution is 4.90. The zero-order valence-corrected chi connectivity index (χ0v) is 8.33. The minimum absolute atomic E-state index is 0.282. The number of hydrogen-bond donors (Lipinski definition) is 2. The molecule has 3 nitrogen and oxygen atoms in total. The van der Waals surface area contributed by atoms with Crippen LogP contribution in [0, 0.1) is 0 Å². The van der Waals surface area contributed by atoms with Crippen molar-refractivity contribution in [2.24, 2.45) is 0 Å². The van der Waals surface area contributed by atoms with Crippen LogP contribution in [0.1, 0.15) is 39.0 Å². The van der Waals surface area contributed by atoms with Gasteiger partial charge in [-0.3, -0.25) is 0 Å². The summed E-state index contributed by atoms with van der Waals surface area (Å²) in [6.07, 6.45) is 4.48. The summed E-state index contributed by atoms with van der Waals surface area (Å²) in [5.74, 6) is 0. The van der Waals surface area contributed by atoms with Crippen molar-refractivity contribution in [3.05, 3.63) is 0 Å². The van der Waals surface area contributed by atoms with Gasteiger partial charge in [-0.05, 0) is 6.42 Å². The molecule has 78 valence electrons. The maximum absolute atomic E-state index is 9.88. The van der Waals surface area contributed by atoms with Crippen LogP contribution in [0.5, 0.6) is 0 Å². The van der Waals surface area contributed by atoms with E-state index in [1.165, 1.54) is 12.8 Å². The van der Waals surface area contributed by atoms with E-state index in [-0.39, 0.29) is 6.61 Å². The van der Waals surface area contributed by atoms with E-state index in [1.807, 2.05) is 0 Å². The summed E-state index contributed by atoms with van der Waals surface area (Å²) in [6.45, 7) is 2.73. The molecule has 1 heterocycles. The van der Waals surface area contributed by atoms with Crippen molar-refractivity contribution in [3.8, 4) is 0 Å². The van der Waals surface area contributed by atoms with Gasteiger partial charge in [-0.2, -0.15) is 0 Å². The highest BCUT2D eigenvalue weighted by Crippen LogP contribution is 2.25. The van der Waals surface area contributed by atoms with E-state index in [0.717, 1.165) is 12.8 Å². The number of aliphatic hydroxyl groups is 2. The largest absolute Gasteiger partial charge is 0.388 e. The molecule has 0 aliphatic carbocycles. The predicted octanol–water partition coefficient (Wildman–Crippen LogP) is 1.08. The van der Waals surface area contributed by atoms with Crippen LogP contribution in [-0.2, 0) is 4.74 Å². The van der Waals surface area contributed by atoms with Gasteiger partial charge in [0.15, 0.2) is 0 Å². The van der Waals surface area contributed by atoms with E-state index in [0.29, 0.717) is 13.0 Å². The summed E-state index contributed by atoms with van der Waals surface area (Å²) in [5, 5.41) is 19.3. The van der Waals surface area contributed by atoms with E-state index >= 15 is 0 Å². The first kappa shape index (κ1) is 11.0. The Labute approximate surface area is 79.7 Å².